The molecule has 1 aromatic carbocycles. The smallest absolute Gasteiger partial charge is 0.305 e. The Kier molecular flexibility index (Phi) is 4.21. The van der Waals surface area contributed by atoms with Gasteiger partial charge in [0.05, 0.1) is 5.39 Å². The number of rotatable bonds is 3. The number of carbonyl (C=O) groups is 1. The maximum atomic E-state index is 13.0. The maximum Gasteiger partial charge on any atom is 0.305 e. The summed E-state index contributed by atoms with van der Waals surface area (Å²) in [5, 5.41) is 0.488. The lowest BCUT2D eigenvalue weighted by Crippen LogP contribution is -2.33. The summed E-state index contributed by atoms with van der Waals surface area (Å²) >= 11 is 4.60. The topological polar surface area (TPSA) is 77.1 Å². The highest BCUT2D eigenvalue weighted by Crippen LogP contribution is 2.35. The molecule has 4 rings (SSSR count). The highest BCUT2D eigenvalue weighted by Gasteiger charge is 2.18. The van der Waals surface area contributed by atoms with Gasteiger partial charge in [-0.3, -0.25) is 15.0 Å². The molecule has 0 aliphatic heterocycles. The van der Waals surface area contributed by atoms with Crippen LogP contribution in [0.2, 0.25) is 0 Å². The van der Waals surface area contributed by atoms with E-state index in [1.165, 1.54) is 23.7 Å². The molecule has 4 aromatic rings. The van der Waals surface area contributed by atoms with Crippen LogP contribution in [0.5, 0.6) is 0 Å². The third kappa shape index (κ3) is 2.87. The number of benzene rings is 1. The minimum absolute atomic E-state index is 0.0913. The molecule has 3 heterocycles. The summed E-state index contributed by atoms with van der Waals surface area (Å²) in [6.45, 7) is 1.96. The van der Waals surface area contributed by atoms with Crippen molar-refractivity contribution in [2.45, 2.75) is 6.92 Å². The Balaban J connectivity index is 1.82. The van der Waals surface area contributed by atoms with Gasteiger partial charge < -0.3 is 4.42 Å². The van der Waals surface area contributed by atoms with Gasteiger partial charge in [-0.1, -0.05) is 30.3 Å². The van der Waals surface area contributed by atoms with Crippen LogP contribution in [0.1, 0.15) is 15.4 Å². The third-order valence-corrected chi connectivity index (χ3v) is 5.31. The van der Waals surface area contributed by atoms with E-state index >= 15 is 0 Å². The first-order valence-electron chi connectivity index (χ1n) is 7.67. The molecule has 0 aliphatic rings. The Morgan fingerprint density at radius 2 is 2.00 bits per heavy atom. The minimum atomic E-state index is -0.535. The van der Waals surface area contributed by atoms with Crippen molar-refractivity contribution < 1.29 is 9.21 Å². The van der Waals surface area contributed by atoms with E-state index in [0.717, 1.165) is 20.7 Å². The maximum absolute atomic E-state index is 13.0. The van der Waals surface area contributed by atoms with E-state index in [1.807, 2.05) is 37.3 Å². The average Bonchev–Trinajstić information content (AvgIpc) is 3.21. The van der Waals surface area contributed by atoms with Crippen molar-refractivity contribution in [2.75, 3.05) is 5.43 Å². The van der Waals surface area contributed by atoms with Crippen LogP contribution in [0.15, 0.2) is 62.7 Å². The molecule has 0 radical (unpaired) electrons. The van der Waals surface area contributed by atoms with Crippen molar-refractivity contribution in [1.82, 2.24) is 9.66 Å². The molecule has 0 bridgehead atoms. The molecule has 26 heavy (non-hydrogen) atoms. The van der Waals surface area contributed by atoms with E-state index in [-0.39, 0.29) is 11.3 Å². The number of furan rings is 1. The van der Waals surface area contributed by atoms with Gasteiger partial charge in [-0.15, -0.1) is 11.3 Å². The lowest BCUT2D eigenvalue weighted by Gasteiger charge is -2.07. The molecule has 1 N–H and O–H groups in total. The second-order valence-electron chi connectivity index (χ2n) is 5.54. The molecular weight excluding hydrogens is 418 g/mol. The summed E-state index contributed by atoms with van der Waals surface area (Å²) in [5.41, 5.74) is 3.96. The minimum Gasteiger partial charge on any atom is -0.444 e. The van der Waals surface area contributed by atoms with Crippen molar-refractivity contribution >= 4 is 43.4 Å². The summed E-state index contributed by atoms with van der Waals surface area (Å²) in [6.07, 6.45) is 1.31. The van der Waals surface area contributed by atoms with E-state index in [0.29, 0.717) is 14.9 Å². The van der Waals surface area contributed by atoms with Gasteiger partial charge in [0.2, 0.25) is 0 Å². The fourth-order valence-corrected chi connectivity index (χ4v) is 4.05. The number of nitrogens with zero attached hydrogens (tertiary/aromatic N) is 2. The first kappa shape index (κ1) is 16.7. The number of hydrogen-bond acceptors (Lipinski definition) is 5. The van der Waals surface area contributed by atoms with Crippen LogP contribution in [-0.4, -0.2) is 15.6 Å². The van der Waals surface area contributed by atoms with Crippen LogP contribution in [0, 0.1) is 6.92 Å². The zero-order valence-corrected chi connectivity index (χ0v) is 15.9. The Labute approximate surface area is 160 Å². The van der Waals surface area contributed by atoms with Gasteiger partial charge in [-0.05, 0) is 40.5 Å². The summed E-state index contributed by atoms with van der Waals surface area (Å²) < 4.78 is 6.73. The second kappa shape index (κ2) is 6.54. The number of aromatic nitrogens is 2. The molecule has 0 spiro atoms. The molecule has 1 amide bonds. The fraction of sp³-hybridized carbons (Fsp3) is 0.0556. The number of hydrogen-bond donors (Lipinski definition) is 1. The molecule has 0 aliphatic carbocycles. The molecule has 6 nitrogen and oxygen atoms in total. The quantitative estimate of drug-likeness (QED) is 0.529. The third-order valence-electron chi connectivity index (χ3n) is 3.87. The predicted octanol–water partition coefficient (Wildman–Crippen LogP) is 4.17. The molecule has 3 aromatic heterocycles. The number of carbonyl (C=O) groups excluding carboxylic acids is 1. The highest BCUT2D eigenvalue weighted by atomic mass is 79.9. The van der Waals surface area contributed by atoms with E-state index in [4.69, 9.17) is 4.42 Å². The van der Waals surface area contributed by atoms with Crippen LogP contribution >= 0.6 is 27.3 Å². The van der Waals surface area contributed by atoms with Crippen LogP contribution in [0.25, 0.3) is 21.3 Å². The molecule has 0 fully saturated rings. The van der Waals surface area contributed by atoms with E-state index in [9.17, 15) is 9.59 Å². The molecular formula is C18H12BrN3O3S. The standard InChI is InChI=1S/C18H12BrN3O3S/c1-10-14(11-5-3-2-4-6-11)15-17(26-10)20-9-22(18(15)24)21-16(23)12-7-8-13(19)25-12/h2-9H,1H3,(H,21,23). The number of nitrogens with one attached hydrogen (secondary N) is 1. The van der Waals surface area contributed by atoms with Gasteiger partial charge in [0.1, 0.15) is 11.2 Å². The van der Waals surface area contributed by atoms with Gasteiger partial charge in [0.15, 0.2) is 10.4 Å². The normalized spacial score (nSPS) is 11.0. The average molecular weight is 430 g/mol. The molecule has 0 saturated carbocycles. The second-order valence-corrected chi connectivity index (χ2v) is 7.53. The van der Waals surface area contributed by atoms with Gasteiger partial charge in [0.25, 0.3) is 5.56 Å². The highest BCUT2D eigenvalue weighted by molar-refractivity contribution is 9.10. The van der Waals surface area contributed by atoms with E-state index in [2.05, 4.69) is 26.3 Å². The zero-order chi connectivity index (χ0) is 18.3. The Morgan fingerprint density at radius 3 is 2.69 bits per heavy atom. The summed E-state index contributed by atoms with van der Waals surface area (Å²) in [5.74, 6) is -0.444. The summed E-state index contributed by atoms with van der Waals surface area (Å²) in [7, 11) is 0. The van der Waals surface area contributed by atoms with Gasteiger partial charge in [-0.2, -0.15) is 0 Å². The monoisotopic (exact) mass is 429 g/mol. The van der Waals surface area contributed by atoms with Gasteiger partial charge in [0, 0.05) is 10.4 Å². The number of fused-ring (bicyclic) bond motifs is 1. The van der Waals surface area contributed by atoms with E-state index < -0.39 is 5.91 Å². The largest absolute Gasteiger partial charge is 0.444 e. The van der Waals surface area contributed by atoms with Crippen molar-refractivity contribution in [3.63, 3.8) is 0 Å². The van der Waals surface area contributed by atoms with Crippen LogP contribution in [0.3, 0.4) is 0 Å². The summed E-state index contributed by atoms with van der Waals surface area (Å²) in [4.78, 5) is 31.2. The van der Waals surface area contributed by atoms with E-state index in [1.54, 1.807) is 6.07 Å². The Bertz CT molecular complexity index is 1180. The number of halogens is 1. The lowest BCUT2D eigenvalue weighted by molar-refractivity contribution is 0.0979. The van der Waals surface area contributed by atoms with Crippen molar-refractivity contribution in [3.8, 4) is 11.1 Å². The Morgan fingerprint density at radius 1 is 1.23 bits per heavy atom. The van der Waals surface area contributed by atoms with Crippen molar-refractivity contribution in [1.29, 1.82) is 0 Å². The summed E-state index contributed by atoms with van der Waals surface area (Å²) in [6, 6.07) is 12.8. The molecule has 0 saturated heterocycles. The van der Waals surface area contributed by atoms with Crippen LogP contribution in [0.4, 0.5) is 0 Å². The van der Waals surface area contributed by atoms with Crippen LogP contribution in [-0.2, 0) is 0 Å². The Hall–Kier alpha value is -2.71. The number of aryl methyl sites for hydroxylation is 1. The lowest BCUT2D eigenvalue weighted by atomic mass is 10.0. The van der Waals surface area contributed by atoms with Crippen molar-refractivity contribution in [3.05, 3.63) is 74.5 Å². The first-order chi connectivity index (χ1) is 12.5. The first-order valence-corrected chi connectivity index (χ1v) is 9.28. The fourth-order valence-electron chi connectivity index (χ4n) is 2.74. The predicted molar refractivity (Wildman–Crippen MR) is 104 cm³/mol. The number of thiophene rings is 1. The van der Waals surface area contributed by atoms with Crippen LogP contribution < -0.4 is 11.0 Å². The molecule has 0 unspecified atom stereocenters. The van der Waals surface area contributed by atoms with Gasteiger partial charge >= 0.3 is 5.91 Å². The van der Waals surface area contributed by atoms with Crippen molar-refractivity contribution in [2.24, 2.45) is 0 Å². The zero-order valence-electron chi connectivity index (χ0n) is 13.5. The van der Waals surface area contributed by atoms with Gasteiger partial charge in [-0.25, -0.2) is 9.66 Å². The number of amides is 1. The molecule has 130 valence electrons. The molecule has 8 heteroatoms. The SMILES string of the molecule is Cc1sc2ncn(NC(=O)c3ccc(Br)o3)c(=O)c2c1-c1ccccc1. The molecule has 0 atom stereocenters.